The Balaban J connectivity index is 2.65. The van der Waals surface area contributed by atoms with Crippen LogP contribution in [0.2, 0.25) is 0 Å². The van der Waals surface area contributed by atoms with Crippen LogP contribution in [0.25, 0.3) is 0 Å². The quantitative estimate of drug-likeness (QED) is 0.603. The van der Waals surface area contributed by atoms with Gasteiger partial charge in [-0.25, -0.2) is 0 Å². The summed E-state index contributed by atoms with van der Waals surface area (Å²) in [4.78, 5) is 26.2. The minimum absolute atomic E-state index is 0.0195. The van der Waals surface area contributed by atoms with Crippen molar-refractivity contribution in [3.05, 3.63) is 0 Å². The zero-order chi connectivity index (χ0) is 10.9. The van der Waals surface area contributed by atoms with Crippen molar-refractivity contribution in [2.45, 2.75) is 13.8 Å². The van der Waals surface area contributed by atoms with Gasteiger partial charge in [0.1, 0.15) is 0 Å². The van der Waals surface area contributed by atoms with Crippen molar-refractivity contribution in [2.24, 2.45) is 11.8 Å². The highest BCUT2D eigenvalue weighted by atomic mass is 16.2. The van der Waals surface area contributed by atoms with Crippen LogP contribution in [0.1, 0.15) is 13.8 Å². The highest BCUT2D eigenvalue weighted by molar-refractivity contribution is 5.81. The van der Waals surface area contributed by atoms with Gasteiger partial charge in [0.15, 0.2) is 0 Å². The van der Waals surface area contributed by atoms with Crippen molar-refractivity contribution >= 4 is 11.8 Å². The van der Waals surface area contributed by atoms with E-state index in [2.05, 4.69) is 0 Å². The van der Waals surface area contributed by atoms with Crippen molar-refractivity contribution in [3.8, 4) is 0 Å². The van der Waals surface area contributed by atoms with Gasteiger partial charge in [0, 0.05) is 34.1 Å². The van der Waals surface area contributed by atoms with Gasteiger partial charge in [-0.3, -0.25) is 9.59 Å². The lowest BCUT2D eigenvalue weighted by atomic mass is 9.97. The van der Waals surface area contributed by atoms with Gasteiger partial charge in [-0.05, 0) is 5.92 Å². The molecular formula is C10H18N2O2. The third kappa shape index (κ3) is 2.05. The molecule has 0 aromatic rings. The molecule has 1 heterocycles. The molecule has 0 spiro atoms. The van der Waals surface area contributed by atoms with E-state index in [9.17, 15) is 9.59 Å². The molecule has 2 atom stereocenters. The zero-order valence-electron chi connectivity index (χ0n) is 9.28. The summed E-state index contributed by atoms with van der Waals surface area (Å²) in [5, 5.41) is 0. The SMILES string of the molecule is CC(=O)N1CC(C)C(C(=O)N(C)C)C1. The van der Waals surface area contributed by atoms with Crippen molar-refractivity contribution in [1.29, 1.82) is 0 Å². The first-order chi connectivity index (χ1) is 6.43. The van der Waals surface area contributed by atoms with Crippen LogP contribution in [0.15, 0.2) is 0 Å². The predicted octanol–water partition coefficient (Wildman–Crippen LogP) is 0.189. The Labute approximate surface area is 84.9 Å². The normalized spacial score (nSPS) is 26.4. The van der Waals surface area contributed by atoms with Gasteiger partial charge in [-0.1, -0.05) is 6.92 Å². The molecule has 4 nitrogen and oxygen atoms in total. The molecule has 2 unspecified atom stereocenters. The number of amides is 2. The molecule has 0 saturated carbocycles. The summed E-state index contributed by atoms with van der Waals surface area (Å²) in [7, 11) is 3.51. The number of carbonyl (C=O) groups excluding carboxylic acids is 2. The van der Waals surface area contributed by atoms with E-state index < -0.39 is 0 Å². The Bertz CT molecular complexity index is 251. The Morgan fingerprint density at radius 1 is 1.29 bits per heavy atom. The maximum Gasteiger partial charge on any atom is 0.227 e. The lowest BCUT2D eigenvalue weighted by Gasteiger charge is -2.18. The first kappa shape index (κ1) is 11.0. The number of likely N-dealkylation sites (tertiary alicyclic amines) is 1. The summed E-state index contributed by atoms with van der Waals surface area (Å²) in [5.41, 5.74) is 0. The summed E-state index contributed by atoms with van der Waals surface area (Å²) >= 11 is 0. The summed E-state index contributed by atoms with van der Waals surface area (Å²) in [6, 6.07) is 0. The van der Waals surface area contributed by atoms with Gasteiger partial charge in [0.2, 0.25) is 11.8 Å². The minimum atomic E-state index is -0.0195. The van der Waals surface area contributed by atoms with Crippen LogP contribution < -0.4 is 0 Å². The van der Waals surface area contributed by atoms with E-state index >= 15 is 0 Å². The molecule has 0 bridgehead atoms. The smallest absolute Gasteiger partial charge is 0.227 e. The standard InChI is InChI=1S/C10H18N2O2/c1-7-5-12(8(2)13)6-9(7)10(14)11(3)4/h7,9H,5-6H2,1-4H3. The second-order valence-corrected chi connectivity index (χ2v) is 4.24. The summed E-state index contributed by atoms with van der Waals surface area (Å²) in [6.45, 7) is 4.86. The van der Waals surface area contributed by atoms with E-state index in [-0.39, 0.29) is 23.7 Å². The van der Waals surface area contributed by atoms with Crippen molar-refractivity contribution in [2.75, 3.05) is 27.2 Å². The molecule has 1 aliphatic rings. The first-order valence-corrected chi connectivity index (χ1v) is 4.90. The van der Waals surface area contributed by atoms with Gasteiger partial charge in [-0.15, -0.1) is 0 Å². The zero-order valence-corrected chi connectivity index (χ0v) is 9.28. The lowest BCUT2D eigenvalue weighted by molar-refractivity contribution is -0.133. The second kappa shape index (κ2) is 3.98. The highest BCUT2D eigenvalue weighted by Crippen LogP contribution is 2.24. The van der Waals surface area contributed by atoms with Gasteiger partial charge in [0.05, 0.1) is 5.92 Å². The average molecular weight is 198 g/mol. The number of nitrogens with zero attached hydrogens (tertiary/aromatic N) is 2. The number of hydrogen-bond acceptors (Lipinski definition) is 2. The number of rotatable bonds is 1. The van der Waals surface area contributed by atoms with E-state index in [0.717, 1.165) is 0 Å². The molecule has 0 aromatic heterocycles. The van der Waals surface area contributed by atoms with Crippen LogP contribution in [-0.2, 0) is 9.59 Å². The molecule has 1 aliphatic heterocycles. The van der Waals surface area contributed by atoms with E-state index in [1.54, 1.807) is 30.8 Å². The van der Waals surface area contributed by atoms with Crippen LogP contribution in [0.4, 0.5) is 0 Å². The number of carbonyl (C=O) groups is 2. The second-order valence-electron chi connectivity index (χ2n) is 4.24. The fraction of sp³-hybridized carbons (Fsp3) is 0.800. The Morgan fingerprint density at radius 3 is 2.21 bits per heavy atom. The van der Waals surface area contributed by atoms with Crippen molar-refractivity contribution in [1.82, 2.24) is 9.80 Å². The van der Waals surface area contributed by atoms with Crippen LogP contribution in [0.5, 0.6) is 0 Å². The Morgan fingerprint density at radius 2 is 1.86 bits per heavy atom. The Kier molecular flexibility index (Phi) is 3.13. The molecule has 0 aliphatic carbocycles. The maximum absolute atomic E-state index is 11.7. The molecule has 1 saturated heterocycles. The molecule has 0 radical (unpaired) electrons. The molecule has 2 amide bonds. The largest absolute Gasteiger partial charge is 0.349 e. The van der Waals surface area contributed by atoms with Crippen LogP contribution in [-0.4, -0.2) is 48.8 Å². The van der Waals surface area contributed by atoms with Crippen molar-refractivity contribution in [3.63, 3.8) is 0 Å². The number of hydrogen-bond donors (Lipinski definition) is 0. The van der Waals surface area contributed by atoms with Gasteiger partial charge in [-0.2, -0.15) is 0 Å². The molecule has 14 heavy (non-hydrogen) atoms. The molecule has 0 aromatic carbocycles. The molecule has 4 heteroatoms. The van der Waals surface area contributed by atoms with Gasteiger partial charge < -0.3 is 9.80 Å². The Hall–Kier alpha value is -1.06. The topological polar surface area (TPSA) is 40.6 Å². The van der Waals surface area contributed by atoms with E-state index in [0.29, 0.717) is 13.1 Å². The minimum Gasteiger partial charge on any atom is -0.349 e. The average Bonchev–Trinajstić information content (AvgIpc) is 2.46. The van der Waals surface area contributed by atoms with Crippen LogP contribution in [0.3, 0.4) is 0 Å². The highest BCUT2D eigenvalue weighted by Gasteiger charge is 2.36. The fourth-order valence-corrected chi connectivity index (χ4v) is 1.88. The third-order valence-electron chi connectivity index (χ3n) is 2.82. The molecule has 0 N–H and O–H groups in total. The maximum atomic E-state index is 11.7. The molecule has 80 valence electrons. The lowest BCUT2D eigenvalue weighted by Crippen LogP contribution is -2.34. The van der Waals surface area contributed by atoms with E-state index in [1.165, 1.54) is 0 Å². The van der Waals surface area contributed by atoms with Crippen molar-refractivity contribution < 1.29 is 9.59 Å². The third-order valence-corrected chi connectivity index (χ3v) is 2.82. The molecule has 1 rings (SSSR count). The monoisotopic (exact) mass is 198 g/mol. The first-order valence-electron chi connectivity index (χ1n) is 4.90. The van der Waals surface area contributed by atoms with E-state index in [4.69, 9.17) is 0 Å². The van der Waals surface area contributed by atoms with Crippen LogP contribution >= 0.6 is 0 Å². The fourth-order valence-electron chi connectivity index (χ4n) is 1.88. The predicted molar refractivity (Wildman–Crippen MR) is 53.6 cm³/mol. The molecular weight excluding hydrogens is 180 g/mol. The van der Waals surface area contributed by atoms with Gasteiger partial charge >= 0.3 is 0 Å². The van der Waals surface area contributed by atoms with E-state index in [1.807, 2.05) is 6.92 Å². The summed E-state index contributed by atoms with van der Waals surface area (Å²) in [6.07, 6.45) is 0. The van der Waals surface area contributed by atoms with Gasteiger partial charge in [0.25, 0.3) is 0 Å². The summed E-state index contributed by atoms with van der Waals surface area (Å²) in [5.74, 6) is 0.440. The van der Waals surface area contributed by atoms with Crippen LogP contribution in [0, 0.1) is 11.8 Å². The molecule has 1 fully saturated rings. The summed E-state index contributed by atoms with van der Waals surface area (Å²) < 4.78 is 0.